The summed E-state index contributed by atoms with van der Waals surface area (Å²) in [4.78, 5) is 0. The largest absolute Gasteiger partial charge is 0.394 e. The van der Waals surface area contributed by atoms with E-state index in [9.17, 15) is 10.2 Å². The highest BCUT2D eigenvalue weighted by molar-refractivity contribution is 8.09. The van der Waals surface area contributed by atoms with Crippen molar-refractivity contribution < 1.29 is 133 Å². The van der Waals surface area contributed by atoms with Crippen LogP contribution < -0.4 is 21.2 Å². The lowest BCUT2D eigenvalue weighted by atomic mass is 9.94. The molecular weight excluding hydrogens is 1420 g/mol. The lowest BCUT2D eigenvalue weighted by Crippen LogP contribution is -2.70. The molecule has 22 aliphatic heterocycles. The molecule has 0 aliphatic carbocycles. The lowest BCUT2D eigenvalue weighted by molar-refractivity contribution is -0.407. The molecular formula is C74H112B2O28P2. The summed E-state index contributed by atoms with van der Waals surface area (Å²) in [7, 11) is 15.9. The normalized spacial score (nSPS) is 39.2. The van der Waals surface area contributed by atoms with E-state index in [0.717, 1.165) is 0 Å². The van der Waals surface area contributed by atoms with Gasteiger partial charge in [-0.3, -0.25) is 0 Å². The van der Waals surface area contributed by atoms with Gasteiger partial charge in [0.2, 0.25) is 0 Å². The van der Waals surface area contributed by atoms with E-state index in [1.165, 1.54) is 63.9 Å². The number of hydrogen-bond donors (Lipinski definition) is 2. The predicted octanol–water partition coefficient (Wildman–Crippen LogP) is 0.0160. The third-order valence-electron chi connectivity index (χ3n) is 20.6. The molecule has 0 unspecified atom stereocenters. The smallest absolute Gasteiger partial charge is 0.187 e. The number of aliphatic hydroxyl groups excluding tert-OH is 2. The maximum absolute atomic E-state index is 11.7. The number of methoxy groups -OCH3 is 14. The fraction of sp³-hybridized carbons (Fsp3) is 0.676. The maximum atomic E-state index is 11.7. The number of hydrogen-bond acceptors (Lipinski definition) is 28. The van der Waals surface area contributed by atoms with Crippen LogP contribution >= 0.6 is 14.3 Å². The van der Waals surface area contributed by atoms with Crippen LogP contribution in [0.3, 0.4) is 0 Å². The molecule has 0 aromatic heterocycles. The molecule has 22 heterocycles. The molecule has 12 bridgehead atoms. The Morgan fingerprint density at radius 3 is 0.623 bits per heavy atom. The lowest BCUT2D eigenvalue weighted by Gasteiger charge is -2.53. The molecule has 4 aromatic rings. The van der Waals surface area contributed by atoms with E-state index in [-0.39, 0.29) is 13.2 Å². The zero-order valence-corrected chi connectivity index (χ0v) is 63.3. The van der Waals surface area contributed by atoms with E-state index in [2.05, 4.69) is 97.1 Å². The number of rotatable bonds is 26. The van der Waals surface area contributed by atoms with Crippen LogP contribution in [0, 0.1) is 0 Å². The molecule has 32 heteroatoms. The van der Waals surface area contributed by atoms with Crippen molar-refractivity contribution in [3.63, 3.8) is 0 Å². The second-order valence-electron chi connectivity index (χ2n) is 26.1. The predicted molar refractivity (Wildman–Crippen MR) is 396 cm³/mol. The van der Waals surface area contributed by atoms with Gasteiger partial charge in [-0.1, -0.05) is 87.1 Å². The molecule has 0 saturated carbocycles. The Morgan fingerprint density at radius 1 is 0.255 bits per heavy atom. The zero-order chi connectivity index (χ0) is 75.4. The third kappa shape index (κ3) is 17.3. The molecule has 0 radical (unpaired) electrons. The summed E-state index contributed by atoms with van der Waals surface area (Å²) in [5.41, 5.74) is 0. The molecule has 592 valence electrons. The molecule has 22 saturated heterocycles. The molecule has 30 atom stereocenters. The van der Waals surface area contributed by atoms with Crippen molar-refractivity contribution in [1.29, 1.82) is 0 Å². The Bertz CT molecular complexity index is 2930. The van der Waals surface area contributed by atoms with E-state index < -0.39 is 227 Å². The van der Waals surface area contributed by atoms with Crippen molar-refractivity contribution in [2.75, 3.05) is 138 Å². The van der Waals surface area contributed by atoms with Gasteiger partial charge in [0.1, 0.15) is 162 Å². The van der Waals surface area contributed by atoms with Gasteiger partial charge in [0, 0.05) is 99.5 Å². The average molecular weight is 1530 g/mol. The van der Waals surface area contributed by atoms with E-state index in [0.29, 0.717) is 12.3 Å². The molecule has 0 spiro atoms. The first kappa shape index (κ1) is 83.7. The van der Waals surface area contributed by atoms with Crippen LogP contribution in [0.15, 0.2) is 121 Å². The van der Waals surface area contributed by atoms with Gasteiger partial charge in [-0.15, -0.1) is 0 Å². The zero-order valence-electron chi connectivity index (χ0n) is 61.5. The maximum Gasteiger partial charge on any atom is 0.187 e. The van der Waals surface area contributed by atoms with E-state index in [1.807, 2.05) is 24.3 Å². The Balaban J connectivity index is 1.05. The molecule has 2 N–H and O–H groups in total. The Hall–Kier alpha value is -3.25. The minimum atomic E-state index is -2.24. The van der Waals surface area contributed by atoms with Crippen LogP contribution in [-0.4, -0.2) is 348 Å². The van der Waals surface area contributed by atoms with Gasteiger partial charge in [0.25, 0.3) is 0 Å². The molecule has 26 rings (SSSR count). The summed E-state index contributed by atoms with van der Waals surface area (Å²) in [6, 6.07) is 42.1. The number of aliphatic hydroxyl groups is 2. The fourth-order valence-electron chi connectivity index (χ4n) is 15.6. The van der Waals surface area contributed by atoms with E-state index in [1.54, 1.807) is 56.9 Å². The molecule has 28 nitrogen and oxygen atoms in total. The van der Waals surface area contributed by atoms with E-state index in [4.69, 9.17) is 123 Å². The first-order valence-corrected chi connectivity index (χ1v) is 38.1. The number of benzene rings is 4. The molecule has 22 fully saturated rings. The topological polar surface area (TPSA) is 280 Å². The summed E-state index contributed by atoms with van der Waals surface area (Å²) in [6.45, 7) is -1.24. The fourth-order valence-corrected chi connectivity index (χ4v) is 20.5. The van der Waals surface area contributed by atoms with Crippen LogP contribution in [0.4, 0.5) is 0 Å². The van der Waals surface area contributed by atoms with Crippen LogP contribution in [0.5, 0.6) is 0 Å². The SMILES string of the molecule is [BH3-][P+](C[C@H]1O[C@@H]2O[C@H]3[C@H](OC)[C@@H](OC)[C@@H](O[C@H]4[C@H](OC)[C@@H](OC)[C@@H](O[C@H]5[C@H](OC)[C@@H](OC)[C@@H](O[C@H]6[C@H](OC)[C@@H](OC)[C@@H](O[C@H]7[C@H](OC)[C@@H](OC)[C@@H](O[C@H]1[C@H](OC)[C@H]2OC)O[C@@H]7CO)O[C@@H]6COC)O[C@@H]5C[P+]([BH3-])(c1ccccc1)c1ccccc1)O[C@@H]4CO)O[C@@H]3COC)(c1ccccc1)c1ccccc1. The Kier molecular flexibility index (Phi) is 30.8. The van der Waals surface area contributed by atoms with Crippen molar-refractivity contribution in [3.05, 3.63) is 121 Å². The number of ether oxygens (including phenoxy) is 26. The molecule has 4 aromatic carbocycles. The second kappa shape index (κ2) is 39.0. The first-order valence-electron chi connectivity index (χ1n) is 35.0. The summed E-state index contributed by atoms with van der Waals surface area (Å²) < 4.78 is 176. The van der Waals surface area contributed by atoms with Crippen molar-refractivity contribution in [1.82, 2.24) is 0 Å². The van der Waals surface area contributed by atoms with Gasteiger partial charge in [0.05, 0.1) is 60.0 Å². The molecule has 106 heavy (non-hydrogen) atoms. The molecule has 0 amide bonds. The van der Waals surface area contributed by atoms with Gasteiger partial charge >= 0.3 is 0 Å². The Morgan fingerprint density at radius 2 is 0.434 bits per heavy atom. The van der Waals surface area contributed by atoms with Crippen molar-refractivity contribution in [2.45, 2.75) is 184 Å². The first-order chi connectivity index (χ1) is 51.6. The van der Waals surface area contributed by atoms with Crippen LogP contribution in [0.1, 0.15) is 0 Å². The monoisotopic (exact) mass is 1530 g/mol. The third-order valence-corrected chi connectivity index (χ3v) is 25.7. The van der Waals surface area contributed by atoms with Gasteiger partial charge in [-0.2, -0.15) is 0 Å². The minimum absolute atomic E-state index is 0.0418. The van der Waals surface area contributed by atoms with Crippen LogP contribution in [-0.2, 0) is 123 Å². The average Bonchev–Trinajstić information content (AvgIpc) is 0.678. The highest BCUT2D eigenvalue weighted by atomic mass is 31.2. The Labute approximate surface area is 625 Å². The van der Waals surface area contributed by atoms with Gasteiger partial charge in [-0.25, -0.2) is 0 Å². The van der Waals surface area contributed by atoms with Gasteiger partial charge in [0.15, 0.2) is 37.7 Å². The summed E-state index contributed by atoms with van der Waals surface area (Å²) >= 11 is 0. The second-order valence-corrected chi connectivity index (χ2v) is 30.6. The quantitative estimate of drug-likeness (QED) is 0.0619. The standard InChI is InChI=1S/C74H112B2O28P2/c1-79-37-47-53-59(83-5)65(89-11)71(95-47)99-51-45(35-77)93-69(63(87-9)57(51)81-3)104-56-50(40-106(76,43-31-23-17-24-32-43)44-33-25-18-26-34-44)98-74(68(92-14)62(56)86-8)102-54-48(38-80-2)96-72(66(90-12)60(54)84-6)100-52-46(36-78)94-70(64(88-10)58(52)82-4)103-55-49(97-73(101-53)67(91-13)61(55)85-7)39-105(75,41-27-19-15-20-28-41)42-29-21-16-22-30-42/h15-34,45-74,77-78H,35-40H2,1-14,75-76H3/t45-,46-,47-,48-,49-,50-,51-,52-,53-,54-,55-,56-,57+,58+,59+,60+,61+,62+,63-,64-,65-,66-,67-,68-,69-,70-,71-,72-,73-,74-/m1/s1. The highest BCUT2D eigenvalue weighted by Gasteiger charge is 2.62. The molecule has 22 aliphatic rings. The van der Waals surface area contributed by atoms with Crippen LogP contribution in [0.25, 0.3) is 0 Å². The van der Waals surface area contributed by atoms with Crippen LogP contribution in [0.2, 0.25) is 0 Å². The van der Waals surface area contributed by atoms with Gasteiger partial charge < -0.3 is 133 Å². The van der Waals surface area contributed by atoms with Crippen molar-refractivity contribution >= 4 is 50.6 Å². The van der Waals surface area contributed by atoms with Gasteiger partial charge in [-0.05, 0) is 48.5 Å². The summed E-state index contributed by atoms with van der Waals surface area (Å²) in [6.07, 6.45) is -30.9. The van der Waals surface area contributed by atoms with E-state index >= 15 is 0 Å². The summed E-state index contributed by atoms with van der Waals surface area (Å²) in [5.74, 6) is 0. The highest BCUT2D eigenvalue weighted by Crippen LogP contribution is 2.56. The minimum Gasteiger partial charge on any atom is -0.394 e. The van der Waals surface area contributed by atoms with Crippen molar-refractivity contribution in [2.24, 2.45) is 0 Å². The van der Waals surface area contributed by atoms with Crippen molar-refractivity contribution in [3.8, 4) is 0 Å². The summed E-state index contributed by atoms with van der Waals surface area (Å²) in [5, 5.41) is 28.1.